The van der Waals surface area contributed by atoms with Gasteiger partial charge >= 0.3 is 0 Å². The molecule has 0 bridgehead atoms. The zero-order valence-corrected chi connectivity index (χ0v) is 17.5. The molecule has 6 N–H and O–H groups in total. The van der Waals surface area contributed by atoms with Crippen molar-refractivity contribution in [2.24, 2.45) is 16.8 Å². The van der Waals surface area contributed by atoms with Crippen molar-refractivity contribution in [1.29, 1.82) is 0 Å². The van der Waals surface area contributed by atoms with Crippen molar-refractivity contribution in [3.8, 4) is 11.5 Å². The largest absolute Gasteiger partial charge is 0.507 e. The van der Waals surface area contributed by atoms with E-state index in [1.54, 1.807) is 12.1 Å². The van der Waals surface area contributed by atoms with Gasteiger partial charge in [-0.05, 0) is 53.8 Å². The van der Waals surface area contributed by atoms with Gasteiger partial charge < -0.3 is 31.0 Å². The lowest BCUT2D eigenvalue weighted by atomic mass is 9.62. The molecule has 10 nitrogen and oxygen atoms in total. The minimum atomic E-state index is -2.87. The van der Waals surface area contributed by atoms with Crippen LogP contribution in [0, 0.1) is 5.92 Å². The Bertz CT molecular complexity index is 1350. The highest BCUT2D eigenvalue weighted by molar-refractivity contribution is 6.38. The summed E-state index contributed by atoms with van der Waals surface area (Å²) in [7, 11) is 1.16. The molecule has 3 aliphatic carbocycles. The molecule has 2 atom stereocenters. The van der Waals surface area contributed by atoms with Crippen molar-refractivity contribution < 1.29 is 39.6 Å². The number of phenols is 2. The van der Waals surface area contributed by atoms with E-state index in [4.69, 9.17) is 10.6 Å². The van der Waals surface area contributed by atoms with E-state index in [0.717, 1.165) is 25.5 Å². The Balaban J connectivity index is 1.81. The minimum absolute atomic E-state index is 0.0381. The van der Waals surface area contributed by atoms with Crippen LogP contribution in [0.25, 0.3) is 10.8 Å². The summed E-state index contributed by atoms with van der Waals surface area (Å²) in [6.45, 7) is 0. The third-order valence-electron chi connectivity index (χ3n) is 6.71. The maximum absolute atomic E-state index is 13.6. The number of amides is 1. The van der Waals surface area contributed by atoms with Gasteiger partial charge in [-0.25, -0.2) is 0 Å². The summed E-state index contributed by atoms with van der Waals surface area (Å²) in [5.74, 6) is -6.79. The number of fused-ring (bicyclic) bond motifs is 3. The van der Waals surface area contributed by atoms with Gasteiger partial charge in [-0.1, -0.05) is 11.2 Å². The highest BCUT2D eigenvalue weighted by Gasteiger charge is 2.62. The van der Waals surface area contributed by atoms with Crippen molar-refractivity contribution in [2.45, 2.75) is 30.8 Å². The summed E-state index contributed by atoms with van der Waals surface area (Å²) < 4.78 is 0. The highest BCUT2D eigenvalue weighted by atomic mass is 16.6. The van der Waals surface area contributed by atoms with Gasteiger partial charge in [-0.2, -0.15) is 0 Å². The minimum Gasteiger partial charge on any atom is -0.507 e. The van der Waals surface area contributed by atoms with Crippen LogP contribution in [-0.4, -0.2) is 56.3 Å². The topological polar surface area (TPSA) is 180 Å². The molecule has 10 heteroatoms. The number of nitrogens with zero attached hydrogens (tertiary/aromatic N) is 1. The van der Waals surface area contributed by atoms with E-state index in [1.807, 2.05) is 0 Å². The quantitative estimate of drug-likeness (QED) is 0.261. The van der Waals surface area contributed by atoms with Crippen LogP contribution in [0.3, 0.4) is 0 Å². The number of nitrogens with two attached hydrogens (primary N) is 1. The molecule has 0 aromatic heterocycles. The first kappa shape index (κ1) is 21.0. The first-order chi connectivity index (χ1) is 15.6. The number of benzene rings is 2. The maximum atomic E-state index is 13.6. The van der Waals surface area contributed by atoms with E-state index < -0.39 is 46.1 Å². The number of Topliss-reactive ketones (excluding diaryl/α,β-unsaturated/α-hetero) is 2. The molecular formula is C23H20N2O8. The zero-order valence-electron chi connectivity index (χ0n) is 17.5. The molecule has 170 valence electrons. The van der Waals surface area contributed by atoms with Crippen LogP contribution >= 0.6 is 0 Å². The molecule has 3 aliphatic rings. The summed E-state index contributed by atoms with van der Waals surface area (Å²) in [4.78, 5) is 43.2. The van der Waals surface area contributed by atoms with E-state index in [9.17, 15) is 34.8 Å². The average molecular weight is 452 g/mol. The molecule has 0 heterocycles. The lowest BCUT2D eigenvalue weighted by Gasteiger charge is -2.41. The molecule has 33 heavy (non-hydrogen) atoms. The van der Waals surface area contributed by atoms with Gasteiger partial charge in [0.05, 0.1) is 16.9 Å². The van der Waals surface area contributed by atoms with Crippen molar-refractivity contribution in [1.82, 2.24) is 0 Å². The van der Waals surface area contributed by atoms with Gasteiger partial charge in [-0.3, -0.25) is 14.4 Å². The molecule has 2 aromatic carbocycles. The first-order valence-corrected chi connectivity index (χ1v) is 10.3. The lowest BCUT2D eigenvalue weighted by molar-refractivity contribution is -0.134. The van der Waals surface area contributed by atoms with Gasteiger partial charge in [0, 0.05) is 0 Å². The number of carbonyl (C=O) groups excluding carboxylic acids is 3. The Labute approximate surface area is 186 Å². The number of carbonyl (C=O) groups is 3. The van der Waals surface area contributed by atoms with Crippen LogP contribution in [0.15, 0.2) is 34.7 Å². The Kier molecular flexibility index (Phi) is 4.31. The van der Waals surface area contributed by atoms with Crippen LogP contribution in [0.1, 0.15) is 40.2 Å². The molecule has 5 rings (SSSR count). The predicted octanol–water partition coefficient (Wildman–Crippen LogP) is 1.10. The SMILES string of the molecule is CO/N=C1\C(O)=C(C(N)=O)C(=O)[C@@]2(O)C(=O)c3c(cc4c(C5CC5)ccc(O)c4c3O)C[C@@H]12. The van der Waals surface area contributed by atoms with E-state index in [1.165, 1.54) is 6.07 Å². The Morgan fingerprint density at radius 3 is 2.48 bits per heavy atom. The van der Waals surface area contributed by atoms with Crippen LogP contribution in [0.4, 0.5) is 0 Å². The number of aliphatic hydroxyl groups is 2. The fraction of sp³-hybridized carbons (Fsp3) is 0.304. The first-order valence-electron chi connectivity index (χ1n) is 10.3. The number of oxime groups is 1. The second-order valence-corrected chi connectivity index (χ2v) is 8.56. The van der Waals surface area contributed by atoms with Gasteiger partial charge in [0.2, 0.25) is 11.6 Å². The Morgan fingerprint density at radius 1 is 1.18 bits per heavy atom. The molecule has 1 fully saturated rings. The summed E-state index contributed by atoms with van der Waals surface area (Å²) >= 11 is 0. The number of rotatable bonds is 3. The number of primary amides is 1. The van der Waals surface area contributed by atoms with Crippen LogP contribution in [0.5, 0.6) is 11.5 Å². The van der Waals surface area contributed by atoms with Crippen molar-refractivity contribution in [3.63, 3.8) is 0 Å². The van der Waals surface area contributed by atoms with Crippen LogP contribution in [-0.2, 0) is 20.8 Å². The third-order valence-corrected chi connectivity index (χ3v) is 6.71. The fourth-order valence-electron chi connectivity index (χ4n) is 5.01. The molecule has 2 aromatic rings. The fourth-order valence-corrected chi connectivity index (χ4v) is 5.01. The van der Waals surface area contributed by atoms with Gasteiger partial charge in [0.15, 0.2) is 11.4 Å². The highest BCUT2D eigenvalue weighted by Crippen LogP contribution is 2.51. The predicted molar refractivity (Wildman–Crippen MR) is 114 cm³/mol. The Morgan fingerprint density at radius 2 is 1.88 bits per heavy atom. The van der Waals surface area contributed by atoms with E-state index in [-0.39, 0.29) is 34.7 Å². The van der Waals surface area contributed by atoms with Crippen molar-refractivity contribution in [2.75, 3.05) is 7.11 Å². The number of allylic oxidation sites excluding steroid dienone is 1. The van der Waals surface area contributed by atoms with E-state index in [2.05, 4.69) is 5.16 Å². The molecular weight excluding hydrogens is 432 g/mol. The summed E-state index contributed by atoms with van der Waals surface area (Å²) in [5, 5.41) is 47.6. The monoisotopic (exact) mass is 452 g/mol. The maximum Gasteiger partial charge on any atom is 0.256 e. The van der Waals surface area contributed by atoms with Crippen LogP contribution < -0.4 is 5.73 Å². The standard InChI is InChI=1S/C23H20N2O8/c1-33-25-17-12-7-9-6-11-10(8-2-3-8)4-5-13(26)15(11)18(27)14(9)20(29)23(12,32)21(30)16(19(17)28)22(24)31/h4-6,8,12,26-28,32H,2-3,7H2,1H3,(H2,24,31)/b25-17-/t12-,23-/m0/s1. The molecule has 0 spiro atoms. The lowest BCUT2D eigenvalue weighted by Crippen LogP contribution is -2.62. The normalized spacial score (nSPS) is 25.9. The number of hydrogen-bond donors (Lipinski definition) is 5. The molecule has 1 amide bonds. The third kappa shape index (κ3) is 2.64. The Hall–Kier alpha value is -3.92. The summed E-state index contributed by atoms with van der Waals surface area (Å²) in [6.07, 6.45) is 1.71. The molecule has 0 saturated heterocycles. The average Bonchev–Trinajstić information content (AvgIpc) is 3.58. The van der Waals surface area contributed by atoms with E-state index >= 15 is 0 Å². The van der Waals surface area contributed by atoms with Gasteiger partial charge in [0.1, 0.15) is 29.9 Å². The zero-order chi connectivity index (χ0) is 23.8. The number of aliphatic hydroxyl groups excluding tert-OH is 1. The second-order valence-electron chi connectivity index (χ2n) is 8.56. The van der Waals surface area contributed by atoms with Crippen molar-refractivity contribution >= 4 is 34.0 Å². The molecule has 0 unspecified atom stereocenters. The van der Waals surface area contributed by atoms with Crippen LogP contribution in [0.2, 0.25) is 0 Å². The number of phenolic OH excluding ortho intramolecular Hbond substituents is 2. The van der Waals surface area contributed by atoms with E-state index in [0.29, 0.717) is 10.9 Å². The van der Waals surface area contributed by atoms with Crippen molar-refractivity contribution in [3.05, 3.63) is 46.2 Å². The molecule has 0 radical (unpaired) electrons. The number of ketones is 2. The second kappa shape index (κ2) is 6.79. The number of hydrogen-bond acceptors (Lipinski definition) is 9. The van der Waals surface area contributed by atoms with Gasteiger partial charge in [-0.15, -0.1) is 0 Å². The summed E-state index contributed by atoms with van der Waals surface area (Å²) in [6, 6.07) is 4.82. The van der Waals surface area contributed by atoms with Gasteiger partial charge in [0.25, 0.3) is 5.91 Å². The summed E-state index contributed by atoms with van der Waals surface area (Å²) in [5.41, 5.74) is 1.83. The smallest absolute Gasteiger partial charge is 0.256 e. The number of aromatic hydroxyl groups is 2. The molecule has 0 aliphatic heterocycles. The molecule has 1 saturated carbocycles.